The highest BCUT2D eigenvalue weighted by Gasteiger charge is 2.71. The first kappa shape index (κ1) is 18.2. The van der Waals surface area contributed by atoms with Gasteiger partial charge in [-0.15, -0.1) is 22.7 Å². The molecular formula is C15H9Cl2F5S2. The van der Waals surface area contributed by atoms with Gasteiger partial charge in [-0.3, -0.25) is 0 Å². The standard InChI is InChI=1S/C15H9Cl2F5S2/c1-5-7(3-9(16)23-5)11-12(8-4-10(17)24-6(8)2)14(19,20)15(21,22)13(11)18/h3-4,13H,1-2H3. The van der Waals surface area contributed by atoms with Gasteiger partial charge in [-0.05, 0) is 37.1 Å². The Morgan fingerprint density at radius 2 is 1.38 bits per heavy atom. The maximum Gasteiger partial charge on any atom is 0.349 e. The summed E-state index contributed by atoms with van der Waals surface area (Å²) in [7, 11) is 0. The third kappa shape index (κ3) is 2.43. The Balaban J connectivity index is 2.39. The zero-order valence-electron chi connectivity index (χ0n) is 12.2. The Kier molecular flexibility index (Phi) is 4.31. The van der Waals surface area contributed by atoms with Gasteiger partial charge in [0.1, 0.15) is 0 Å². The van der Waals surface area contributed by atoms with Crippen LogP contribution in [-0.4, -0.2) is 18.0 Å². The van der Waals surface area contributed by atoms with Crippen LogP contribution >= 0.6 is 45.9 Å². The van der Waals surface area contributed by atoms with Gasteiger partial charge < -0.3 is 0 Å². The Morgan fingerprint density at radius 3 is 1.79 bits per heavy atom. The van der Waals surface area contributed by atoms with Gasteiger partial charge in [-0.1, -0.05) is 23.2 Å². The molecule has 9 heteroatoms. The second-order valence-corrected chi connectivity index (χ2v) is 9.16. The maximum absolute atomic E-state index is 14.5. The van der Waals surface area contributed by atoms with Gasteiger partial charge in [0.25, 0.3) is 0 Å². The molecule has 0 amide bonds. The molecule has 0 saturated carbocycles. The summed E-state index contributed by atoms with van der Waals surface area (Å²) in [5, 5.41) is 0. The van der Waals surface area contributed by atoms with Gasteiger partial charge in [0, 0.05) is 20.9 Å². The number of aryl methyl sites for hydroxylation is 2. The summed E-state index contributed by atoms with van der Waals surface area (Å²) < 4.78 is 71.8. The fourth-order valence-corrected chi connectivity index (χ4v) is 5.20. The number of alkyl halides is 5. The van der Waals surface area contributed by atoms with Crippen LogP contribution in [0.4, 0.5) is 22.0 Å². The van der Waals surface area contributed by atoms with E-state index in [1.165, 1.54) is 26.0 Å². The lowest BCUT2D eigenvalue weighted by Gasteiger charge is -2.22. The zero-order chi connectivity index (χ0) is 18.0. The summed E-state index contributed by atoms with van der Waals surface area (Å²) in [5.74, 6) is -9.50. The van der Waals surface area contributed by atoms with Crippen molar-refractivity contribution in [1.29, 1.82) is 0 Å². The molecule has 0 spiro atoms. The van der Waals surface area contributed by atoms with Crippen LogP contribution in [0.1, 0.15) is 20.9 Å². The highest BCUT2D eigenvalue weighted by atomic mass is 35.5. The van der Waals surface area contributed by atoms with Gasteiger partial charge in [-0.2, -0.15) is 17.6 Å². The van der Waals surface area contributed by atoms with Crippen LogP contribution in [0.5, 0.6) is 0 Å². The average molecular weight is 419 g/mol. The van der Waals surface area contributed by atoms with E-state index < -0.39 is 29.2 Å². The fourth-order valence-electron chi connectivity index (χ4n) is 2.80. The smallest absolute Gasteiger partial charge is 0.235 e. The van der Waals surface area contributed by atoms with Crippen LogP contribution in [0.25, 0.3) is 11.1 Å². The van der Waals surface area contributed by atoms with E-state index in [0.717, 1.165) is 22.7 Å². The van der Waals surface area contributed by atoms with Gasteiger partial charge in [0.2, 0.25) is 0 Å². The van der Waals surface area contributed by atoms with Crippen LogP contribution in [0.3, 0.4) is 0 Å². The molecule has 2 aromatic rings. The minimum atomic E-state index is -4.85. The molecular weight excluding hydrogens is 410 g/mol. The molecule has 24 heavy (non-hydrogen) atoms. The fraction of sp³-hybridized carbons (Fsp3) is 0.333. The average Bonchev–Trinajstić information content (AvgIpc) is 2.99. The second-order valence-electron chi connectivity index (χ2n) is 5.39. The number of rotatable bonds is 2. The van der Waals surface area contributed by atoms with Crippen molar-refractivity contribution in [2.75, 3.05) is 0 Å². The third-order valence-electron chi connectivity index (χ3n) is 3.91. The summed E-state index contributed by atoms with van der Waals surface area (Å²) in [6, 6.07) is 2.41. The third-order valence-corrected chi connectivity index (χ3v) is 6.27. The SMILES string of the molecule is Cc1sc(Cl)cc1C1=C(c2cc(Cl)sc2C)C(F)(F)C(F)(F)C1F. The van der Waals surface area contributed by atoms with E-state index in [4.69, 9.17) is 23.2 Å². The van der Waals surface area contributed by atoms with E-state index in [1.54, 1.807) is 0 Å². The minimum absolute atomic E-state index is 0.0222. The van der Waals surface area contributed by atoms with Crippen molar-refractivity contribution in [1.82, 2.24) is 0 Å². The predicted molar refractivity (Wildman–Crippen MR) is 89.7 cm³/mol. The first-order valence-electron chi connectivity index (χ1n) is 6.65. The Hall–Kier alpha value is -0.630. The molecule has 1 atom stereocenters. The van der Waals surface area contributed by atoms with E-state index in [-0.39, 0.29) is 19.8 Å². The molecule has 1 aliphatic rings. The molecule has 0 fully saturated rings. The molecule has 3 rings (SSSR count). The molecule has 1 unspecified atom stereocenters. The maximum atomic E-state index is 14.5. The zero-order valence-corrected chi connectivity index (χ0v) is 15.3. The molecule has 130 valence electrons. The molecule has 0 bridgehead atoms. The summed E-state index contributed by atoms with van der Waals surface area (Å²) in [6.45, 7) is 3.00. The van der Waals surface area contributed by atoms with Crippen LogP contribution < -0.4 is 0 Å². The first-order valence-corrected chi connectivity index (χ1v) is 9.04. The lowest BCUT2D eigenvalue weighted by molar-refractivity contribution is -0.186. The number of hydrogen-bond donors (Lipinski definition) is 0. The van der Waals surface area contributed by atoms with Crippen LogP contribution in [0.2, 0.25) is 8.67 Å². The highest BCUT2D eigenvalue weighted by Crippen LogP contribution is 2.60. The molecule has 1 aliphatic carbocycles. The lowest BCUT2D eigenvalue weighted by atomic mass is 9.96. The monoisotopic (exact) mass is 418 g/mol. The molecule has 0 radical (unpaired) electrons. The van der Waals surface area contributed by atoms with Crippen molar-refractivity contribution in [3.05, 3.63) is 41.7 Å². The second kappa shape index (κ2) is 5.69. The van der Waals surface area contributed by atoms with Crippen molar-refractivity contribution in [3.8, 4) is 0 Å². The Bertz CT molecular complexity index is 850. The Morgan fingerprint density at radius 1 is 0.917 bits per heavy atom. The molecule has 0 nitrogen and oxygen atoms in total. The Labute approximate surface area is 152 Å². The van der Waals surface area contributed by atoms with Crippen molar-refractivity contribution in [2.24, 2.45) is 0 Å². The van der Waals surface area contributed by atoms with Crippen LogP contribution in [0.15, 0.2) is 12.1 Å². The molecule has 0 N–H and O–H groups in total. The van der Waals surface area contributed by atoms with Gasteiger partial charge in [-0.25, -0.2) is 4.39 Å². The number of halogens is 7. The lowest BCUT2D eigenvalue weighted by Crippen LogP contribution is -2.42. The van der Waals surface area contributed by atoms with Gasteiger partial charge in [0.15, 0.2) is 6.17 Å². The number of thiophene rings is 2. The number of hydrogen-bond acceptors (Lipinski definition) is 2. The van der Waals surface area contributed by atoms with Crippen molar-refractivity contribution in [3.63, 3.8) is 0 Å². The molecule has 2 heterocycles. The quantitative estimate of drug-likeness (QED) is 0.449. The molecule has 0 saturated heterocycles. The van der Waals surface area contributed by atoms with E-state index in [9.17, 15) is 22.0 Å². The van der Waals surface area contributed by atoms with Gasteiger partial charge >= 0.3 is 11.8 Å². The molecule has 0 aliphatic heterocycles. The number of allylic oxidation sites excluding steroid dienone is 2. The van der Waals surface area contributed by atoms with E-state index in [1.807, 2.05) is 0 Å². The topological polar surface area (TPSA) is 0 Å². The summed E-state index contributed by atoms with van der Waals surface area (Å²) >= 11 is 13.7. The van der Waals surface area contributed by atoms with Crippen molar-refractivity contribution >= 4 is 57.0 Å². The summed E-state index contributed by atoms with van der Waals surface area (Å²) in [5.41, 5.74) is -1.92. The summed E-state index contributed by atoms with van der Waals surface area (Å²) in [6.07, 6.45) is -3.13. The van der Waals surface area contributed by atoms with E-state index in [0.29, 0.717) is 9.75 Å². The van der Waals surface area contributed by atoms with Crippen molar-refractivity contribution in [2.45, 2.75) is 31.9 Å². The van der Waals surface area contributed by atoms with Gasteiger partial charge in [0.05, 0.1) is 8.67 Å². The van der Waals surface area contributed by atoms with Crippen LogP contribution in [-0.2, 0) is 0 Å². The molecule has 2 aromatic heterocycles. The highest BCUT2D eigenvalue weighted by molar-refractivity contribution is 7.16. The largest absolute Gasteiger partial charge is 0.349 e. The predicted octanol–water partition coefficient (Wildman–Crippen LogP) is 7.27. The van der Waals surface area contributed by atoms with Crippen molar-refractivity contribution < 1.29 is 22.0 Å². The van der Waals surface area contributed by atoms with E-state index >= 15 is 0 Å². The normalized spacial score (nSPS) is 22.5. The minimum Gasteiger partial charge on any atom is -0.235 e. The first-order chi connectivity index (χ1) is 11.0. The van der Waals surface area contributed by atoms with E-state index in [2.05, 4.69) is 0 Å². The van der Waals surface area contributed by atoms with Crippen LogP contribution in [0, 0.1) is 13.8 Å². The summed E-state index contributed by atoms with van der Waals surface area (Å²) in [4.78, 5) is 0.707. The molecule has 0 aromatic carbocycles.